The normalized spacial score (nSPS) is 20.1. The van der Waals surface area contributed by atoms with Crippen LogP contribution in [0.25, 0.3) is 16.6 Å². The minimum absolute atomic E-state index is 0.109. The van der Waals surface area contributed by atoms with Crippen molar-refractivity contribution in [3.8, 4) is 17.8 Å². The number of aromatic nitrogens is 3. The third-order valence-corrected chi connectivity index (χ3v) is 5.24. The van der Waals surface area contributed by atoms with E-state index in [9.17, 15) is 0 Å². The first-order valence-electron chi connectivity index (χ1n) is 9.74. The van der Waals surface area contributed by atoms with Gasteiger partial charge in [0, 0.05) is 0 Å². The van der Waals surface area contributed by atoms with Crippen molar-refractivity contribution in [1.82, 2.24) is 14.5 Å². The number of fused-ring (bicyclic) bond motifs is 3. The molecule has 0 saturated carbocycles. The summed E-state index contributed by atoms with van der Waals surface area (Å²) < 4.78 is 13.8. The lowest BCUT2D eigenvalue weighted by atomic mass is 9.96. The standard InChI is InChI=1S/C23H20N4O2/c1-15-3-2-4-17(9-15)20-7-6-18(12-25-20)28-14-19-13-27-22-8-5-16(11-24)10-21(22)26-23(27)29-19/h2,4-10,12,15,19H,3,13-14H2,1H3/t15-,19-/m0/s1. The van der Waals surface area contributed by atoms with Crippen molar-refractivity contribution in [1.29, 1.82) is 5.26 Å². The Balaban J connectivity index is 1.23. The summed E-state index contributed by atoms with van der Waals surface area (Å²) in [6.45, 7) is 3.29. The second kappa shape index (κ2) is 7.10. The molecule has 0 spiro atoms. The number of hydrogen-bond acceptors (Lipinski definition) is 5. The summed E-state index contributed by atoms with van der Waals surface area (Å²) in [7, 11) is 0. The summed E-state index contributed by atoms with van der Waals surface area (Å²) in [6, 6.07) is 12.1. The maximum absolute atomic E-state index is 9.02. The van der Waals surface area contributed by atoms with Gasteiger partial charge in [0.2, 0.25) is 0 Å². The number of benzene rings is 1. The number of hydrogen-bond donors (Lipinski definition) is 0. The van der Waals surface area contributed by atoms with E-state index in [2.05, 4.69) is 41.2 Å². The Morgan fingerprint density at radius 3 is 3.03 bits per heavy atom. The van der Waals surface area contributed by atoms with E-state index in [1.54, 1.807) is 18.3 Å². The van der Waals surface area contributed by atoms with Gasteiger partial charge in [-0.05, 0) is 48.2 Å². The Morgan fingerprint density at radius 2 is 2.24 bits per heavy atom. The highest BCUT2D eigenvalue weighted by Gasteiger charge is 2.27. The lowest BCUT2D eigenvalue weighted by Crippen LogP contribution is -2.23. The predicted molar refractivity (Wildman–Crippen MR) is 109 cm³/mol. The van der Waals surface area contributed by atoms with Crippen LogP contribution in [0.5, 0.6) is 11.8 Å². The number of ether oxygens (including phenoxy) is 2. The van der Waals surface area contributed by atoms with Crippen molar-refractivity contribution in [3.05, 3.63) is 66.0 Å². The molecule has 0 amide bonds. The molecule has 0 unspecified atom stereocenters. The van der Waals surface area contributed by atoms with E-state index in [0.717, 1.165) is 34.5 Å². The van der Waals surface area contributed by atoms with Gasteiger partial charge in [0.05, 0.1) is 41.1 Å². The first-order valence-corrected chi connectivity index (χ1v) is 9.74. The summed E-state index contributed by atoms with van der Waals surface area (Å²) in [5.74, 6) is 1.26. The first kappa shape index (κ1) is 17.5. The van der Waals surface area contributed by atoms with Crippen LogP contribution in [0, 0.1) is 17.2 Å². The molecule has 0 radical (unpaired) electrons. The van der Waals surface area contributed by atoms with Crippen molar-refractivity contribution in [2.75, 3.05) is 6.61 Å². The van der Waals surface area contributed by atoms with E-state index in [1.165, 1.54) is 0 Å². The molecule has 1 aliphatic heterocycles. The molecule has 0 N–H and O–H groups in total. The van der Waals surface area contributed by atoms with E-state index in [1.807, 2.05) is 22.8 Å². The third-order valence-electron chi connectivity index (χ3n) is 5.24. The van der Waals surface area contributed by atoms with E-state index < -0.39 is 0 Å². The van der Waals surface area contributed by atoms with Gasteiger partial charge < -0.3 is 9.47 Å². The minimum atomic E-state index is -0.109. The summed E-state index contributed by atoms with van der Waals surface area (Å²) in [5.41, 5.74) is 4.46. The number of nitrogens with zero attached hydrogens (tertiary/aromatic N) is 4. The summed E-state index contributed by atoms with van der Waals surface area (Å²) >= 11 is 0. The lowest BCUT2D eigenvalue weighted by molar-refractivity contribution is 0.143. The van der Waals surface area contributed by atoms with Crippen LogP contribution < -0.4 is 9.47 Å². The monoisotopic (exact) mass is 384 g/mol. The molecule has 0 bridgehead atoms. The van der Waals surface area contributed by atoms with E-state index in [4.69, 9.17) is 14.7 Å². The van der Waals surface area contributed by atoms with Crippen LogP contribution in [0.2, 0.25) is 0 Å². The number of pyridine rings is 1. The van der Waals surface area contributed by atoms with Gasteiger partial charge in [-0.2, -0.15) is 10.2 Å². The fourth-order valence-corrected chi connectivity index (χ4v) is 3.76. The second-order valence-corrected chi connectivity index (χ2v) is 7.49. The Labute approximate surface area is 168 Å². The van der Waals surface area contributed by atoms with Gasteiger partial charge in [-0.1, -0.05) is 25.2 Å². The SMILES string of the molecule is C[C@@H]1C=C(c2ccc(OC[C@@H]3Cn4c(nc5cc(C#N)ccc54)O3)cn2)C=CC1. The van der Waals surface area contributed by atoms with Crippen molar-refractivity contribution in [3.63, 3.8) is 0 Å². The molecule has 2 aromatic heterocycles. The minimum Gasteiger partial charge on any atom is -0.488 e. The molecule has 0 fully saturated rings. The van der Waals surface area contributed by atoms with Crippen LogP contribution in [0.15, 0.2) is 54.8 Å². The largest absolute Gasteiger partial charge is 0.488 e. The second-order valence-electron chi connectivity index (χ2n) is 7.49. The van der Waals surface area contributed by atoms with Gasteiger partial charge in [-0.3, -0.25) is 9.55 Å². The third kappa shape index (κ3) is 3.36. The molecule has 6 nitrogen and oxygen atoms in total. The fourth-order valence-electron chi connectivity index (χ4n) is 3.76. The van der Waals surface area contributed by atoms with E-state index in [-0.39, 0.29) is 6.10 Å². The fraction of sp³-hybridized carbons (Fsp3) is 0.261. The van der Waals surface area contributed by atoms with E-state index in [0.29, 0.717) is 30.6 Å². The van der Waals surface area contributed by atoms with E-state index >= 15 is 0 Å². The van der Waals surface area contributed by atoms with Crippen LogP contribution in [-0.2, 0) is 6.54 Å². The zero-order valence-electron chi connectivity index (χ0n) is 16.1. The number of allylic oxidation sites excluding steroid dienone is 4. The van der Waals surface area contributed by atoms with Crippen molar-refractivity contribution in [2.24, 2.45) is 5.92 Å². The van der Waals surface area contributed by atoms with Gasteiger partial charge >= 0.3 is 0 Å². The van der Waals surface area contributed by atoms with Gasteiger partial charge in [0.15, 0.2) is 6.10 Å². The highest BCUT2D eigenvalue weighted by atomic mass is 16.6. The predicted octanol–water partition coefficient (Wildman–Crippen LogP) is 4.12. The Bertz CT molecular complexity index is 1170. The highest BCUT2D eigenvalue weighted by molar-refractivity contribution is 5.78. The molecule has 29 heavy (non-hydrogen) atoms. The molecule has 2 atom stereocenters. The molecular weight excluding hydrogens is 364 g/mol. The zero-order chi connectivity index (χ0) is 19.8. The first-order chi connectivity index (χ1) is 14.2. The summed E-state index contributed by atoms with van der Waals surface area (Å²) in [5, 5.41) is 9.02. The molecule has 3 aromatic rings. The van der Waals surface area contributed by atoms with Crippen LogP contribution in [0.1, 0.15) is 24.6 Å². The smallest absolute Gasteiger partial charge is 0.297 e. The van der Waals surface area contributed by atoms with Crippen LogP contribution >= 0.6 is 0 Å². The van der Waals surface area contributed by atoms with Crippen LogP contribution in [-0.4, -0.2) is 27.2 Å². The van der Waals surface area contributed by atoms with Gasteiger partial charge in [0.25, 0.3) is 6.01 Å². The molecular formula is C23H20N4O2. The lowest BCUT2D eigenvalue weighted by Gasteiger charge is -2.13. The quantitative estimate of drug-likeness (QED) is 0.676. The molecule has 2 aliphatic rings. The Hall–Kier alpha value is -3.59. The van der Waals surface area contributed by atoms with Gasteiger partial charge in [-0.25, -0.2) is 0 Å². The highest BCUT2D eigenvalue weighted by Crippen LogP contribution is 2.29. The average molecular weight is 384 g/mol. The topological polar surface area (TPSA) is 73.0 Å². The molecule has 0 saturated heterocycles. The molecule has 3 heterocycles. The van der Waals surface area contributed by atoms with Gasteiger partial charge in [0.1, 0.15) is 12.4 Å². The van der Waals surface area contributed by atoms with Crippen molar-refractivity contribution >= 4 is 16.6 Å². The number of rotatable bonds is 4. The van der Waals surface area contributed by atoms with Crippen LogP contribution in [0.4, 0.5) is 0 Å². The summed E-state index contributed by atoms with van der Waals surface area (Å²) in [4.78, 5) is 9.03. The Morgan fingerprint density at radius 1 is 1.31 bits per heavy atom. The molecule has 6 heteroatoms. The number of imidazole rings is 1. The maximum Gasteiger partial charge on any atom is 0.297 e. The van der Waals surface area contributed by atoms with Crippen molar-refractivity contribution < 1.29 is 9.47 Å². The molecule has 1 aromatic carbocycles. The molecule has 5 rings (SSSR count). The summed E-state index contributed by atoms with van der Waals surface area (Å²) in [6.07, 6.45) is 9.30. The Kier molecular flexibility index (Phi) is 4.28. The number of nitriles is 1. The maximum atomic E-state index is 9.02. The van der Waals surface area contributed by atoms with Gasteiger partial charge in [-0.15, -0.1) is 0 Å². The van der Waals surface area contributed by atoms with Crippen LogP contribution in [0.3, 0.4) is 0 Å². The zero-order valence-corrected chi connectivity index (χ0v) is 16.1. The molecule has 1 aliphatic carbocycles. The van der Waals surface area contributed by atoms with Crippen molar-refractivity contribution in [2.45, 2.75) is 26.0 Å². The average Bonchev–Trinajstić information content (AvgIpc) is 3.29. The molecule has 144 valence electrons.